The minimum atomic E-state index is -0.324. The minimum Gasteiger partial charge on any atom is -0.341 e. The summed E-state index contributed by atoms with van der Waals surface area (Å²) in [6.45, 7) is 9.62. The maximum Gasteiger partial charge on any atom is 0.239 e. The number of amides is 1. The lowest BCUT2D eigenvalue weighted by Gasteiger charge is -2.35. The van der Waals surface area contributed by atoms with Crippen molar-refractivity contribution in [2.24, 2.45) is 17.6 Å². The molecule has 19 heavy (non-hydrogen) atoms. The molecule has 0 spiro atoms. The van der Waals surface area contributed by atoms with Crippen LogP contribution in [0, 0.1) is 11.8 Å². The van der Waals surface area contributed by atoms with Gasteiger partial charge in [-0.05, 0) is 50.6 Å². The van der Waals surface area contributed by atoms with E-state index in [9.17, 15) is 4.79 Å². The molecule has 0 saturated carbocycles. The SMILES string of the molecule is CC(C)C(N)C(=O)N1CCC(CN2CCCC2)CC1. The number of rotatable bonds is 4. The quantitative estimate of drug-likeness (QED) is 0.835. The molecule has 2 heterocycles. The zero-order valence-corrected chi connectivity index (χ0v) is 12.5. The van der Waals surface area contributed by atoms with Crippen LogP contribution in [-0.2, 0) is 4.79 Å². The molecule has 4 nitrogen and oxygen atoms in total. The largest absolute Gasteiger partial charge is 0.341 e. The summed E-state index contributed by atoms with van der Waals surface area (Å²) in [6, 6.07) is -0.324. The number of carbonyl (C=O) groups excluding carboxylic acids is 1. The first-order valence-electron chi connectivity index (χ1n) is 7.84. The van der Waals surface area contributed by atoms with E-state index in [1.165, 1.54) is 32.5 Å². The fourth-order valence-electron chi connectivity index (χ4n) is 3.16. The first-order chi connectivity index (χ1) is 9.08. The predicted octanol–water partition coefficient (Wildman–Crippen LogP) is 1.30. The van der Waals surface area contributed by atoms with Crippen molar-refractivity contribution in [2.75, 3.05) is 32.7 Å². The summed E-state index contributed by atoms with van der Waals surface area (Å²) in [5.74, 6) is 1.15. The van der Waals surface area contributed by atoms with E-state index < -0.39 is 0 Å². The first-order valence-corrected chi connectivity index (χ1v) is 7.84. The van der Waals surface area contributed by atoms with Gasteiger partial charge in [-0.1, -0.05) is 13.8 Å². The third kappa shape index (κ3) is 3.93. The maximum atomic E-state index is 12.2. The summed E-state index contributed by atoms with van der Waals surface area (Å²) in [7, 11) is 0. The van der Waals surface area contributed by atoms with Gasteiger partial charge < -0.3 is 15.5 Å². The van der Waals surface area contributed by atoms with E-state index in [1.54, 1.807) is 0 Å². The fourth-order valence-corrected chi connectivity index (χ4v) is 3.16. The molecular formula is C15H29N3O. The summed E-state index contributed by atoms with van der Waals surface area (Å²) in [4.78, 5) is 16.7. The molecule has 2 fully saturated rings. The Morgan fingerprint density at radius 2 is 1.74 bits per heavy atom. The van der Waals surface area contributed by atoms with Crippen LogP contribution in [-0.4, -0.2) is 54.5 Å². The van der Waals surface area contributed by atoms with E-state index in [4.69, 9.17) is 5.73 Å². The van der Waals surface area contributed by atoms with E-state index in [-0.39, 0.29) is 17.9 Å². The second kappa shape index (κ2) is 6.71. The molecule has 0 aromatic rings. The Bertz CT molecular complexity index is 292. The number of nitrogens with zero attached hydrogens (tertiary/aromatic N) is 2. The predicted molar refractivity (Wildman–Crippen MR) is 77.8 cm³/mol. The summed E-state index contributed by atoms with van der Waals surface area (Å²) >= 11 is 0. The molecule has 2 aliphatic heterocycles. The molecule has 2 saturated heterocycles. The number of nitrogens with two attached hydrogens (primary N) is 1. The van der Waals surface area contributed by atoms with Gasteiger partial charge in [-0.2, -0.15) is 0 Å². The van der Waals surface area contributed by atoms with Gasteiger partial charge in [-0.3, -0.25) is 4.79 Å². The number of hydrogen-bond donors (Lipinski definition) is 1. The van der Waals surface area contributed by atoms with Crippen LogP contribution >= 0.6 is 0 Å². The molecule has 0 aromatic carbocycles. The summed E-state index contributed by atoms with van der Waals surface area (Å²) in [5.41, 5.74) is 5.96. The van der Waals surface area contributed by atoms with Crippen LogP contribution in [0.1, 0.15) is 39.5 Å². The van der Waals surface area contributed by atoms with Crippen LogP contribution in [0.3, 0.4) is 0 Å². The van der Waals surface area contributed by atoms with Crippen LogP contribution in [0.2, 0.25) is 0 Å². The highest BCUT2D eigenvalue weighted by Gasteiger charge is 2.28. The average Bonchev–Trinajstić information content (AvgIpc) is 2.90. The van der Waals surface area contributed by atoms with E-state index in [0.717, 1.165) is 31.8 Å². The Kier molecular flexibility index (Phi) is 5.22. The number of piperidine rings is 1. The van der Waals surface area contributed by atoms with Gasteiger partial charge in [-0.25, -0.2) is 0 Å². The van der Waals surface area contributed by atoms with Gasteiger partial charge in [0.25, 0.3) is 0 Å². The van der Waals surface area contributed by atoms with Crippen molar-refractivity contribution in [3.63, 3.8) is 0 Å². The van der Waals surface area contributed by atoms with E-state index in [1.807, 2.05) is 18.7 Å². The molecule has 0 aliphatic carbocycles. The van der Waals surface area contributed by atoms with Crippen LogP contribution in [0.5, 0.6) is 0 Å². The molecule has 1 amide bonds. The Hall–Kier alpha value is -0.610. The van der Waals surface area contributed by atoms with E-state index in [0.29, 0.717) is 0 Å². The molecule has 2 rings (SSSR count). The zero-order chi connectivity index (χ0) is 13.8. The molecule has 0 radical (unpaired) electrons. The monoisotopic (exact) mass is 267 g/mol. The molecule has 110 valence electrons. The minimum absolute atomic E-state index is 0.148. The van der Waals surface area contributed by atoms with Crippen molar-refractivity contribution in [1.29, 1.82) is 0 Å². The van der Waals surface area contributed by atoms with Gasteiger partial charge in [0, 0.05) is 19.6 Å². The molecule has 2 aliphatic rings. The van der Waals surface area contributed by atoms with Crippen molar-refractivity contribution >= 4 is 5.91 Å². The molecule has 1 atom stereocenters. The second-order valence-electron chi connectivity index (χ2n) is 6.55. The standard InChI is InChI=1S/C15H29N3O/c1-12(2)14(16)15(19)18-9-5-13(6-10-18)11-17-7-3-4-8-17/h12-14H,3-11,16H2,1-2H3. The van der Waals surface area contributed by atoms with Crippen molar-refractivity contribution in [2.45, 2.75) is 45.6 Å². The number of likely N-dealkylation sites (tertiary alicyclic amines) is 2. The third-order valence-electron chi connectivity index (χ3n) is 4.64. The normalized spacial score (nSPS) is 24.1. The zero-order valence-electron chi connectivity index (χ0n) is 12.5. The highest BCUT2D eigenvalue weighted by atomic mass is 16.2. The Labute approximate surface area is 117 Å². The van der Waals surface area contributed by atoms with Crippen LogP contribution < -0.4 is 5.73 Å². The third-order valence-corrected chi connectivity index (χ3v) is 4.64. The molecule has 1 unspecified atom stereocenters. The molecule has 0 bridgehead atoms. The summed E-state index contributed by atoms with van der Waals surface area (Å²) < 4.78 is 0. The topological polar surface area (TPSA) is 49.6 Å². The molecule has 2 N–H and O–H groups in total. The van der Waals surface area contributed by atoms with Crippen LogP contribution in [0.4, 0.5) is 0 Å². The van der Waals surface area contributed by atoms with E-state index >= 15 is 0 Å². The van der Waals surface area contributed by atoms with Gasteiger partial charge in [0.2, 0.25) is 5.91 Å². The van der Waals surface area contributed by atoms with Crippen molar-refractivity contribution in [1.82, 2.24) is 9.80 Å². The molecule has 0 aromatic heterocycles. The Balaban J connectivity index is 1.74. The molecule has 4 heteroatoms. The van der Waals surface area contributed by atoms with Gasteiger partial charge in [0.1, 0.15) is 0 Å². The number of carbonyl (C=O) groups is 1. The van der Waals surface area contributed by atoms with Gasteiger partial charge in [-0.15, -0.1) is 0 Å². The van der Waals surface area contributed by atoms with Crippen molar-refractivity contribution < 1.29 is 4.79 Å². The summed E-state index contributed by atoms with van der Waals surface area (Å²) in [5, 5.41) is 0. The smallest absolute Gasteiger partial charge is 0.239 e. The van der Waals surface area contributed by atoms with Crippen LogP contribution in [0.15, 0.2) is 0 Å². The average molecular weight is 267 g/mol. The Morgan fingerprint density at radius 3 is 2.26 bits per heavy atom. The van der Waals surface area contributed by atoms with Crippen molar-refractivity contribution in [3.05, 3.63) is 0 Å². The maximum absolute atomic E-state index is 12.2. The summed E-state index contributed by atoms with van der Waals surface area (Å²) in [6.07, 6.45) is 5.02. The lowest BCUT2D eigenvalue weighted by atomic mass is 9.95. The molecular weight excluding hydrogens is 238 g/mol. The van der Waals surface area contributed by atoms with Gasteiger partial charge >= 0.3 is 0 Å². The highest BCUT2D eigenvalue weighted by Crippen LogP contribution is 2.21. The van der Waals surface area contributed by atoms with E-state index in [2.05, 4.69) is 4.90 Å². The highest BCUT2D eigenvalue weighted by molar-refractivity contribution is 5.82. The van der Waals surface area contributed by atoms with Gasteiger partial charge in [0.05, 0.1) is 6.04 Å². The van der Waals surface area contributed by atoms with Crippen LogP contribution in [0.25, 0.3) is 0 Å². The Morgan fingerprint density at radius 1 is 1.16 bits per heavy atom. The first kappa shape index (κ1) is 14.8. The fraction of sp³-hybridized carbons (Fsp3) is 0.933. The van der Waals surface area contributed by atoms with Crippen molar-refractivity contribution in [3.8, 4) is 0 Å². The number of hydrogen-bond acceptors (Lipinski definition) is 3. The lowest BCUT2D eigenvalue weighted by Crippen LogP contribution is -2.50. The van der Waals surface area contributed by atoms with Gasteiger partial charge in [0.15, 0.2) is 0 Å². The lowest BCUT2D eigenvalue weighted by molar-refractivity contribution is -0.135. The second-order valence-corrected chi connectivity index (χ2v) is 6.55.